The lowest BCUT2D eigenvalue weighted by Gasteiger charge is -2.34. The molecule has 8 heteroatoms. The number of nitrogens with one attached hydrogen (secondary N) is 3. The van der Waals surface area contributed by atoms with Crippen molar-refractivity contribution in [2.24, 2.45) is 0 Å². The average Bonchev–Trinajstić information content (AvgIpc) is 3.27. The van der Waals surface area contributed by atoms with Crippen molar-refractivity contribution in [1.29, 1.82) is 0 Å². The van der Waals surface area contributed by atoms with Crippen molar-refractivity contribution in [2.45, 2.75) is 13.5 Å². The predicted octanol–water partition coefficient (Wildman–Crippen LogP) is 3.19. The van der Waals surface area contributed by atoms with Gasteiger partial charge in [0, 0.05) is 50.7 Å². The van der Waals surface area contributed by atoms with E-state index < -0.39 is 0 Å². The molecule has 1 aromatic carbocycles. The molecule has 1 aliphatic rings. The van der Waals surface area contributed by atoms with Crippen LogP contribution in [-0.2, 0) is 6.54 Å². The summed E-state index contributed by atoms with van der Waals surface area (Å²) in [6, 6.07) is 14.0. The standard InChI is InChI=1S/C24H27N7O/c1-2-30-9-11-31(12-10-30)15-17-3-5-18(6-4-17)21-13-20-23(26-16-27-24(20)29-21)28-19-7-8-22(32)25-14-19/h3-8,13-14,16H,2,9-12,15H2,1H3,(H,25,32)(H2,26,27,28,29). The first kappa shape index (κ1) is 20.4. The van der Waals surface area contributed by atoms with Crippen molar-refractivity contribution in [1.82, 2.24) is 29.7 Å². The summed E-state index contributed by atoms with van der Waals surface area (Å²) in [6.45, 7) is 8.92. The number of hydrogen-bond donors (Lipinski definition) is 3. The van der Waals surface area contributed by atoms with E-state index in [9.17, 15) is 4.79 Å². The minimum absolute atomic E-state index is 0.140. The highest BCUT2D eigenvalue weighted by atomic mass is 16.1. The molecule has 0 radical (unpaired) electrons. The van der Waals surface area contributed by atoms with Crippen LogP contribution < -0.4 is 10.9 Å². The summed E-state index contributed by atoms with van der Waals surface area (Å²) in [7, 11) is 0. The maximum absolute atomic E-state index is 11.3. The van der Waals surface area contributed by atoms with Crippen LogP contribution in [0.2, 0.25) is 0 Å². The molecule has 4 aromatic rings. The van der Waals surface area contributed by atoms with E-state index in [2.05, 4.69) is 72.3 Å². The fourth-order valence-electron chi connectivity index (χ4n) is 4.13. The van der Waals surface area contributed by atoms with Crippen molar-refractivity contribution >= 4 is 22.5 Å². The number of nitrogens with zero attached hydrogens (tertiary/aromatic N) is 4. The number of fused-ring (bicyclic) bond motifs is 1. The second-order valence-electron chi connectivity index (χ2n) is 8.14. The molecular formula is C24H27N7O. The molecule has 0 aliphatic carbocycles. The van der Waals surface area contributed by atoms with E-state index >= 15 is 0 Å². The predicted molar refractivity (Wildman–Crippen MR) is 127 cm³/mol. The minimum Gasteiger partial charge on any atom is -0.339 e. The Hall–Kier alpha value is -3.49. The molecular weight excluding hydrogens is 402 g/mol. The topological polar surface area (TPSA) is 92.9 Å². The number of pyridine rings is 1. The Morgan fingerprint density at radius 1 is 1.00 bits per heavy atom. The molecule has 0 saturated carbocycles. The van der Waals surface area contributed by atoms with Crippen LogP contribution in [0.5, 0.6) is 0 Å². The fraction of sp³-hybridized carbons (Fsp3) is 0.292. The Morgan fingerprint density at radius 3 is 2.50 bits per heavy atom. The van der Waals surface area contributed by atoms with E-state index in [0.717, 1.165) is 67.2 Å². The van der Waals surface area contributed by atoms with Crippen molar-refractivity contribution in [3.8, 4) is 11.3 Å². The number of aromatic nitrogens is 4. The van der Waals surface area contributed by atoms with Gasteiger partial charge >= 0.3 is 0 Å². The van der Waals surface area contributed by atoms with Crippen LogP contribution in [0.4, 0.5) is 11.5 Å². The third-order valence-corrected chi connectivity index (χ3v) is 6.06. The smallest absolute Gasteiger partial charge is 0.248 e. The number of anilines is 2. The molecule has 0 amide bonds. The lowest BCUT2D eigenvalue weighted by Crippen LogP contribution is -2.45. The van der Waals surface area contributed by atoms with E-state index in [0.29, 0.717) is 5.82 Å². The molecule has 0 atom stereocenters. The SMILES string of the molecule is CCN1CCN(Cc2ccc(-c3cc4c(Nc5ccc(=O)[nH]c5)ncnc4[nH]3)cc2)CC1. The van der Waals surface area contributed by atoms with Gasteiger partial charge in [-0.1, -0.05) is 31.2 Å². The number of benzene rings is 1. The highest BCUT2D eigenvalue weighted by Crippen LogP contribution is 2.28. The molecule has 3 N–H and O–H groups in total. The zero-order valence-corrected chi connectivity index (χ0v) is 18.1. The lowest BCUT2D eigenvalue weighted by molar-refractivity contribution is 0.132. The quantitative estimate of drug-likeness (QED) is 0.436. The molecule has 1 aliphatic heterocycles. The number of H-pyrrole nitrogens is 2. The third kappa shape index (κ3) is 4.42. The fourth-order valence-corrected chi connectivity index (χ4v) is 4.13. The molecule has 32 heavy (non-hydrogen) atoms. The van der Waals surface area contributed by atoms with Crippen molar-refractivity contribution in [3.63, 3.8) is 0 Å². The zero-order valence-electron chi connectivity index (χ0n) is 18.1. The monoisotopic (exact) mass is 429 g/mol. The minimum atomic E-state index is -0.140. The van der Waals surface area contributed by atoms with Crippen molar-refractivity contribution in [2.75, 3.05) is 38.0 Å². The first-order chi connectivity index (χ1) is 15.7. The Labute approximate surface area is 186 Å². The summed E-state index contributed by atoms with van der Waals surface area (Å²) in [6.07, 6.45) is 3.16. The maximum atomic E-state index is 11.3. The van der Waals surface area contributed by atoms with Crippen LogP contribution in [0.1, 0.15) is 12.5 Å². The van der Waals surface area contributed by atoms with Gasteiger partial charge in [-0.15, -0.1) is 0 Å². The van der Waals surface area contributed by atoms with Crippen molar-refractivity contribution in [3.05, 3.63) is 70.9 Å². The van der Waals surface area contributed by atoms with Gasteiger partial charge in [0.15, 0.2) is 0 Å². The summed E-state index contributed by atoms with van der Waals surface area (Å²) in [4.78, 5) is 31.1. The zero-order chi connectivity index (χ0) is 21.9. The van der Waals surface area contributed by atoms with Gasteiger partial charge in [-0.2, -0.15) is 0 Å². The molecule has 8 nitrogen and oxygen atoms in total. The van der Waals surface area contributed by atoms with Gasteiger partial charge in [-0.3, -0.25) is 9.69 Å². The Morgan fingerprint density at radius 2 is 1.78 bits per heavy atom. The molecule has 5 rings (SSSR count). The van der Waals surface area contributed by atoms with Gasteiger partial charge in [0.1, 0.15) is 17.8 Å². The molecule has 0 spiro atoms. The molecule has 1 fully saturated rings. The summed E-state index contributed by atoms with van der Waals surface area (Å²) < 4.78 is 0. The Balaban J connectivity index is 1.32. The van der Waals surface area contributed by atoms with Crippen LogP contribution in [0.3, 0.4) is 0 Å². The summed E-state index contributed by atoms with van der Waals surface area (Å²) >= 11 is 0. The molecule has 0 bridgehead atoms. The Bertz CT molecular complexity index is 1230. The first-order valence-corrected chi connectivity index (χ1v) is 11.0. The van der Waals surface area contributed by atoms with E-state index in [4.69, 9.17) is 0 Å². The van der Waals surface area contributed by atoms with E-state index in [1.165, 1.54) is 18.0 Å². The third-order valence-electron chi connectivity index (χ3n) is 6.06. The van der Waals surface area contributed by atoms with E-state index in [1.807, 2.05) is 0 Å². The highest BCUT2D eigenvalue weighted by molar-refractivity contribution is 5.92. The van der Waals surface area contributed by atoms with Gasteiger partial charge < -0.3 is 20.2 Å². The van der Waals surface area contributed by atoms with Crippen LogP contribution in [-0.4, -0.2) is 62.5 Å². The summed E-state index contributed by atoms with van der Waals surface area (Å²) in [5.41, 5.74) is 4.82. The second kappa shape index (κ2) is 8.94. The van der Waals surface area contributed by atoms with Crippen LogP contribution in [0, 0.1) is 0 Å². The number of rotatable bonds is 6. The largest absolute Gasteiger partial charge is 0.339 e. The van der Waals surface area contributed by atoms with Gasteiger partial charge in [-0.25, -0.2) is 9.97 Å². The second-order valence-corrected chi connectivity index (χ2v) is 8.14. The first-order valence-electron chi connectivity index (χ1n) is 11.0. The molecule has 164 valence electrons. The normalized spacial score (nSPS) is 15.3. The molecule has 1 saturated heterocycles. The highest BCUT2D eigenvalue weighted by Gasteiger charge is 2.15. The van der Waals surface area contributed by atoms with Crippen LogP contribution in [0.15, 0.2) is 59.8 Å². The van der Waals surface area contributed by atoms with Gasteiger partial charge in [0.25, 0.3) is 0 Å². The van der Waals surface area contributed by atoms with Gasteiger partial charge in [0.2, 0.25) is 5.56 Å². The molecule has 0 unspecified atom stereocenters. The maximum Gasteiger partial charge on any atom is 0.248 e. The van der Waals surface area contributed by atoms with Gasteiger partial charge in [-0.05, 0) is 29.8 Å². The van der Waals surface area contributed by atoms with E-state index in [1.54, 1.807) is 12.3 Å². The van der Waals surface area contributed by atoms with E-state index in [-0.39, 0.29) is 5.56 Å². The summed E-state index contributed by atoms with van der Waals surface area (Å²) in [5.74, 6) is 0.687. The van der Waals surface area contributed by atoms with Crippen molar-refractivity contribution < 1.29 is 0 Å². The van der Waals surface area contributed by atoms with Crippen LogP contribution >= 0.6 is 0 Å². The number of aromatic amines is 2. The number of piperazine rings is 1. The molecule has 3 aromatic heterocycles. The Kier molecular flexibility index (Phi) is 5.70. The number of hydrogen-bond acceptors (Lipinski definition) is 6. The molecule has 4 heterocycles. The van der Waals surface area contributed by atoms with Crippen LogP contribution in [0.25, 0.3) is 22.3 Å². The van der Waals surface area contributed by atoms with Gasteiger partial charge in [0.05, 0.1) is 11.1 Å². The summed E-state index contributed by atoms with van der Waals surface area (Å²) in [5, 5.41) is 4.15. The average molecular weight is 430 g/mol. The lowest BCUT2D eigenvalue weighted by atomic mass is 10.1. The number of likely N-dealkylation sites (N-methyl/N-ethyl adjacent to an activating group) is 1.